The van der Waals surface area contributed by atoms with Crippen molar-refractivity contribution in [3.05, 3.63) is 72.6 Å². The first-order valence-electron chi connectivity index (χ1n) is 7.42. The molecule has 0 fully saturated rings. The fourth-order valence-corrected chi connectivity index (χ4v) is 3.42. The number of benzene rings is 3. The lowest BCUT2D eigenvalue weighted by Gasteiger charge is -2.06. The lowest BCUT2D eigenvalue weighted by molar-refractivity contribution is 1.08. The van der Waals surface area contributed by atoms with Crippen molar-refractivity contribution in [1.29, 1.82) is 0 Å². The molecule has 2 N–H and O–H groups in total. The Balaban J connectivity index is 1.60. The van der Waals surface area contributed by atoms with Gasteiger partial charge in [0.05, 0.1) is 11.3 Å². The zero-order chi connectivity index (χ0) is 15.6. The van der Waals surface area contributed by atoms with Gasteiger partial charge >= 0.3 is 0 Å². The van der Waals surface area contributed by atoms with Crippen molar-refractivity contribution in [1.82, 2.24) is 9.97 Å². The molecule has 1 aromatic heterocycles. The van der Waals surface area contributed by atoms with Crippen LogP contribution in [0.4, 0.5) is 5.82 Å². The second-order valence-electron chi connectivity index (χ2n) is 5.34. The summed E-state index contributed by atoms with van der Waals surface area (Å²) in [5.74, 6) is 2.01. The van der Waals surface area contributed by atoms with Gasteiger partial charge in [-0.2, -0.15) is 0 Å². The molecule has 0 aliphatic carbocycles. The first-order valence-corrected chi connectivity index (χ1v) is 8.41. The molecule has 0 amide bonds. The minimum Gasteiger partial charge on any atom is -0.383 e. The van der Waals surface area contributed by atoms with Crippen LogP contribution in [-0.2, 0) is 5.75 Å². The summed E-state index contributed by atoms with van der Waals surface area (Å²) in [4.78, 5) is 10.2. The van der Waals surface area contributed by atoms with Crippen molar-refractivity contribution in [2.75, 3.05) is 5.73 Å². The van der Waals surface area contributed by atoms with E-state index in [0.29, 0.717) is 11.6 Å². The van der Waals surface area contributed by atoms with Crippen molar-refractivity contribution in [3.63, 3.8) is 0 Å². The third-order valence-electron chi connectivity index (χ3n) is 3.77. The zero-order valence-electron chi connectivity index (χ0n) is 12.4. The van der Waals surface area contributed by atoms with Crippen LogP contribution >= 0.6 is 11.8 Å². The van der Waals surface area contributed by atoms with Gasteiger partial charge in [0.15, 0.2) is 0 Å². The van der Waals surface area contributed by atoms with Crippen LogP contribution in [-0.4, -0.2) is 9.97 Å². The van der Waals surface area contributed by atoms with E-state index in [1.165, 1.54) is 15.7 Å². The molecule has 4 rings (SSSR count). The summed E-state index contributed by atoms with van der Waals surface area (Å²) in [7, 11) is 0. The number of nitrogens with two attached hydrogens (primary N) is 1. The number of nitrogen functional groups attached to an aromatic ring is 1. The molecule has 1 heterocycles. The number of thioether (sulfide) groups is 1. The highest BCUT2D eigenvalue weighted by Gasteiger charge is 2.06. The van der Waals surface area contributed by atoms with E-state index in [-0.39, 0.29) is 0 Å². The van der Waals surface area contributed by atoms with Crippen molar-refractivity contribution >= 4 is 39.3 Å². The number of nitrogens with zero attached hydrogens (tertiary/aromatic N) is 2. The average Bonchev–Trinajstić information content (AvgIpc) is 2.60. The van der Waals surface area contributed by atoms with Crippen LogP contribution in [0.3, 0.4) is 0 Å². The number of anilines is 1. The first kappa shape index (κ1) is 14.0. The number of hydrogen-bond donors (Lipinski definition) is 1. The summed E-state index contributed by atoms with van der Waals surface area (Å²) in [6.45, 7) is 0. The van der Waals surface area contributed by atoms with Crippen LogP contribution < -0.4 is 5.73 Å². The van der Waals surface area contributed by atoms with E-state index in [4.69, 9.17) is 5.73 Å². The normalized spacial score (nSPS) is 11.1. The summed E-state index contributed by atoms with van der Waals surface area (Å²) in [6, 6.07) is 22.7. The van der Waals surface area contributed by atoms with Gasteiger partial charge in [-0.25, -0.2) is 9.97 Å². The van der Waals surface area contributed by atoms with Gasteiger partial charge in [-0.05, 0) is 35.0 Å². The van der Waals surface area contributed by atoms with Gasteiger partial charge < -0.3 is 5.73 Å². The van der Waals surface area contributed by atoms with Crippen LogP contribution in [0.25, 0.3) is 21.7 Å². The minimum absolute atomic E-state index is 0.546. The Kier molecular flexibility index (Phi) is 3.60. The third-order valence-corrected chi connectivity index (χ3v) is 4.76. The highest BCUT2D eigenvalue weighted by Crippen LogP contribution is 2.27. The summed E-state index contributed by atoms with van der Waals surface area (Å²) < 4.78 is 0. The Labute approximate surface area is 138 Å². The Morgan fingerprint density at radius 1 is 0.826 bits per heavy atom. The lowest BCUT2D eigenvalue weighted by atomic mass is 10.1. The number of hydrogen-bond acceptors (Lipinski definition) is 4. The average molecular weight is 317 g/mol. The molecule has 0 saturated heterocycles. The SMILES string of the molecule is Nc1nc(CSc2ccc3ccccc3c2)nc2ccccc12. The summed E-state index contributed by atoms with van der Waals surface area (Å²) in [5, 5.41) is 3.41. The number of para-hydroxylation sites is 1. The third kappa shape index (κ3) is 2.85. The maximum atomic E-state index is 6.04. The van der Waals surface area contributed by atoms with Gasteiger partial charge in [-0.3, -0.25) is 0 Å². The zero-order valence-corrected chi connectivity index (χ0v) is 13.3. The molecule has 3 nitrogen and oxygen atoms in total. The summed E-state index contributed by atoms with van der Waals surface area (Å²) >= 11 is 1.73. The van der Waals surface area contributed by atoms with Gasteiger partial charge in [0.25, 0.3) is 0 Å². The van der Waals surface area contributed by atoms with Crippen LogP contribution in [0.5, 0.6) is 0 Å². The quantitative estimate of drug-likeness (QED) is 0.558. The predicted molar refractivity (Wildman–Crippen MR) is 97.5 cm³/mol. The van der Waals surface area contributed by atoms with E-state index >= 15 is 0 Å². The van der Waals surface area contributed by atoms with Gasteiger partial charge in [0, 0.05) is 10.3 Å². The molecule has 0 saturated carbocycles. The van der Waals surface area contributed by atoms with Crippen LogP contribution in [0.15, 0.2) is 71.6 Å². The monoisotopic (exact) mass is 317 g/mol. The molecule has 0 bridgehead atoms. The molecule has 0 radical (unpaired) electrons. The van der Waals surface area contributed by atoms with E-state index < -0.39 is 0 Å². The summed E-state index contributed by atoms with van der Waals surface area (Å²) in [5.41, 5.74) is 6.94. The van der Waals surface area contributed by atoms with Gasteiger partial charge in [-0.1, -0.05) is 42.5 Å². The molecular formula is C19H15N3S. The molecule has 4 aromatic rings. The number of rotatable bonds is 3. The van der Waals surface area contributed by atoms with Crippen molar-refractivity contribution in [3.8, 4) is 0 Å². The molecule has 23 heavy (non-hydrogen) atoms. The van der Waals surface area contributed by atoms with Crippen LogP contribution in [0, 0.1) is 0 Å². The largest absolute Gasteiger partial charge is 0.383 e. The molecule has 4 heteroatoms. The number of aromatic nitrogens is 2. The highest BCUT2D eigenvalue weighted by atomic mass is 32.2. The Morgan fingerprint density at radius 3 is 2.52 bits per heavy atom. The standard InChI is InChI=1S/C19H15N3S/c20-19-16-7-3-4-8-17(16)21-18(22-19)12-23-15-10-9-13-5-1-2-6-14(13)11-15/h1-11H,12H2,(H2,20,21,22). The summed E-state index contributed by atoms with van der Waals surface area (Å²) in [6.07, 6.45) is 0. The van der Waals surface area contributed by atoms with Gasteiger partial charge in [-0.15, -0.1) is 11.8 Å². The van der Waals surface area contributed by atoms with Crippen molar-refractivity contribution in [2.24, 2.45) is 0 Å². The topological polar surface area (TPSA) is 51.8 Å². The molecule has 3 aromatic carbocycles. The minimum atomic E-state index is 0.546. The first-order chi connectivity index (χ1) is 11.3. The van der Waals surface area contributed by atoms with E-state index in [2.05, 4.69) is 52.4 Å². The van der Waals surface area contributed by atoms with Crippen LogP contribution in [0.2, 0.25) is 0 Å². The Morgan fingerprint density at radius 2 is 1.61 bits per heavy atom. The molecule has 0 spiro atoms. The highest BCUT2D eigenvalue weighted by molar-refractivity contribution is 7.98. The van der Waals surface area contributed by atoms with Crippen LogP contribution in [0.1, 0.15) is 5.82 Å². The molecule has 0 aliphatic heterocycles. The van der Waals surface area contributed by atoms with E-state index in [0.717, 1.165) is 16.7 Å². The molecular weight excluding hydrogens is 302 g/mol. The fourth-order valence-electron chi connectivity index (χ4n) is 2.62. The smallest absolute Gasteiger partial charge is 0.141 e. The number of fused-ring (bicyclic) bond motifs is 2. The Hall–Kier alpha value is -2.59. The van der Waals surface area contributed by atoms with E-state index in [1.807, 2.05) is 24.3 Å². The molecule has 0 atom stereocenters. The molecule has 112 valence electrons. The second kappa shape index (κ2) is 5.89. The maximum absolute atomic E-state index is 6.04. The lowest BCUT2D eigenvalue weighted by Crippen LogP contribution is -1.99. The Bertz CT molecular complexity index is 998. The maximum Gasteiger partial charge on any atom is 0.141 e. The van der Waals surface area contributed by atoms with Crippen molar-refractivity contribution < 1.29 is 0 Å². The second-order valence-corrected chi connectivity index (χ2v) is 6.39. The predicted octanol–water partition coefficient (Wildman–Crippen LogP) is 4.66. The fraction of sp³-hybridized carbons (Fsp3) is 0.0526. The van der Waals surface area contributed by atoms with E-state index in [9.17, 15) is 0 Å². The van der Waals surface area contributed by atoms with E-state index in [1.54, 1.807) is 11.8 Å². The molecule has 0 unspecified atom stereocenters. The van der Waals surface area contributed by atoms with Crippen molar-refractivity contribution in [2.45, 2.75) is 10.6 Å². The van der Waals surface area contributed by atoms with Gasteiger partial charge in [0.1, 0.15) is 11.6 Å². The van der Waals surface area contributed by atoms with Gasteiger partial charge in [0.2, 0.25) is 0 Å². The molecule has 0 aliphatic rings.